The van der Waals surface area contributed by atoms with Gasteiger partial charge in [-0.3, -0.25) is 4.90 Å². The highest BCUT2D eigenvalue weighted by molar-refractivity contribution is 7.11. The maximum absolute atomic E-state index is 10.6. The third kappa shape index (κ3) is 5.55. The van der Waals surface area contributed by atoms with Gasteiger partial charge >= 0.3 is 12.1 Å². The lowest BCUT2D eigenvalue weighted by Crippen LogP contribution is -2.40. The first-order valence-corrected chi connectivity index (χ1v) is 10.00. The van der Waals surface area contributed by atoms with Crippen LogP contribution in [0.5, 0.6) is 0 Å². The lowest BCUT2D eigenvalue weighted by atomic mass is 9.99. The quantitative estimate of drug-likeness (QED) is 0.786. The number of halogens is 3. The molecule has 1 N–H and O–H groups in total. The van der Waals surface area contributed by atoms with E-state index in [-0.39, 0.29) is 6.10 Å². The highest BCUT2D eigenvalue weighted by Gasteiger charge is 2.41. The zero-order chi connectivity index (χ0) is 21.2. The molecule has 4 heterocycles. The smallest absolute Gasteiger partial charge is 0.475 e. The Bertz CT molecular complexity index is 838. The Labute approximate surface area is 169 Å². The summed E-state index contributed by atoms with van der Waals surface area (Å²) >= 11 is 1.90. The molecule has 2 saturated heterocycles. The van der Waals surface area contributed by atoms with Crippen LogP contribution in [0.25, 0.3) is 0 Å². The molecule has 2 aliphatic rings. The first-order chi connectivity index (χ1) is 13.6. The van der Waals surface area contributed by atoms with E-state index < -0.39 is 12.1 Å². The van der Waals surface area contributed by atoms with Crippen LogP contribution >= 0.6 is 11.3 Å². The van der Waals surface area contributed by atoms with Crippen molar-refractivity contribution < 1.29 is 32.3 Å². The summed E-state index contributed by atoms with van der Waals surface area (Å²) in [5.74, 6) is -1.43. The van der Waals surface area contributed by atoms with Gasteiger partial charge in [0.15, 0.2) is 5.82 Å². The molecule has 0 bridgehead atoms. The van der Waals surface area contributed by atoms with Crippen LogP contribution in [0.15, 0.2) is 16.7 Å². The van der Waals surface area contributed by atoms with Gasteiger partial charge in [0.05, 0.1) is 6.10 Å². The fourth-order valence-corrected chi connectivity index (χ4v) is 4.52. The van der Waals surface area contributed by atoms with Gasteiger partial charge in [-0.05, 0) is 45.2 Å². The normalized spacial score (nSPS) is 24.7. The molecule has 0 spiro atoms. The molecule has 2 fully saturated rings. The predicted molar refractivity (Wildman–Crippen MR) is 97.4 cm³/mol. The number of likely N-dealkylation sites (tertiary alicyclic amines) is 1. The minimum atomic E-state index is -5.08. The molecule has 2 aliphatic heterocycles. The molecule has 0 amide bonds. The van der Waals surface area contributed by atoms with Crippen molar-refractivity contribution in [3.8, 4) is 0 Å². The van der Waals surface area contributed by atoms with Crippen molar-refractivity contribution in [1.82, 2.24) is 15.0 Å². The van der Waals surface area contributed by atoms with Crippen LogP contribution in [0.3, 0.4) is 0 Å². The van der Waals surface area contributed by atoms with E-state index in [1.54, 1.807) is 0 Å². The number of carboxylic acids is 1. The fraction of sp³-hybridized carbons (Fsp3) is 0.611. The number of ether oxygens (including phenoxy) is 1. The van der Waals surface area contributed by atoms with Crippen molar-refractivity contribution in [2.45, 2.75) is 64.1 Å². The Morgan fingerprint density at radius 1 is 1.31 bits per heavy atom. The third-order valence-corrected chi connectivity index (χ3v) is 5.86. The van der Waals surface area contributed by atoms with Gasteiger partial charge < -0.3 is 14.4 Å². The molecule has 4 rings (SSSR count). The van der Waals surface area contributed by atoms with Crippen molar-refractivity contribution in [1.29, 1.82) is 0 Å². The highest BCUT2D eigenvalue weighted by atomic mass is 32.1. The molecular weight excluding hydrogens is 411 g/mol. The second kappa shape index (κ2) is 8.80. The van der Waals surface area contributed by atoms with E-state index in [1.807, 2.05) is 18.3 Å². The number of hydrogen-bond acceptors (Lipinski definition) is 7. The first kappa shape index (κ1) is 21.7. The number of thiophene rings is 1. The standard InChI is InChI=1S/C16H21N3O2S.C2HF3O2/c1-10-3-4-12(22-10)9-19-8-7-14-13(19)5-6-15(20-14)16-17-11(2)18-21-16;3-2(4,5)1(6)7/h3-4,13-15H,5-9H2,1-2H3;(H,6,7)/t13-,14-,15+;/m1./s1. The zero-order valence-corrected chi connectivity index (χ0v) is 16.8. The third-order valence-electron chi connectivity index (χ3n) is 4.88. The van der Waals surface area contributed by atoms with Gasteiger partial charge in [-0.2, -0.15) is 18.2 Å². The zero-order valence-electron chi connectivity index (χ0n) is 16.0. The topological polar surface area (TPSA) is 88.7 Å². The molecule has 2 aromatic heterocycles. The lowest BCUT2D eigenvalue weighted by Gasteiger charge is -2.34. The molecule has 0 saturated carbocycles. The van der Waals surface area contributed by atoms with Gasteiger partial charge in [0.2, 0.25) is 0 Å². The Kier molecular flexibility index (Phi) is 6.59. The number of aliphatic carboxylic acids is 1. The second-order valence-corrected chi connectivity index (χ2v) is 8.43. The molecule has 0 radical (unpaired) electrons. The van der Waals surface area contributed by atoms with Crippen LogP contribution in [0.1, 0.15) is 46.8 Å². The van der Waals surface area contributed by atoms with Crippen LogP contribution < -0.4 is 0 Å². The van der Waals surface area contributed by atoms with Gasteiger partial charge in [-0.25, -0.2) is 4.79 Å². The molecule has 29 heavy (non-hydrogen) atoms. The van der Waals surface area contributed by atoms with Gasteiger partial charge in [0.25, 0.3) is 5.89 Å². The van der Waals surface area contributed by atoms with Gasteiger partial charge in [-0.1, -0.05) is 5.16 Å². The SMILES string of the molecule is Cc1noc([C@@H]2CC[C@@H]3[C@@H](CCN3Cc3ccc(C)s3)O2)n1.O=C(O)C(F)(F)F. The summed E-state index contributed by atoms with van der Waals surface area (Å²) in [6, 6.07) is 4.99. The van der Waals surface area contributed by atoms with Crippen LogP contribution in [-0.4, -0.2) is 51.0 Å². The summed E-state index contributed by atoms with van der Waals surface area (Å²) in [5.41, 5.74) is 0. The number of fused-ring (bicyclic) bond motifs is 1. The average Bonchev–Trinajstić information content (AvgIpc) is 3.36. The number of carbonyl (C=O) groups is 1. The van der Waals surface area contributed by atoms with E-state index in [2.05, 4.69) is 34.1 Å². The van der Waals surface area contributed by atoms with Gasteiger partial charge in [0, 0.05) is 28.9 Å². The Balaban J connectivity index is 0.000000298. The summed E-state index contributed by atoms with van der Waals surface area (Å²) in [7, 11) is 0. The van der Waals surface area contributed by atoms with E-state index in [1.165, 1.54) is 9.75 Å². The van der Waals surface area contributed by atoms with Gasteiger partial charge in [0.1, 0.15) is 6.10 Å². The first-order valence-electron chi connectivity index (χ1n) is 9.18. The fourth-order valence-electron chi connectivity index (χ4n) is 3.61. The lowest BCUT2D eigenvalue weighted by molar-refractivity contribution is -0.192. The van der Waals surface area contributed by atoms with Gasteiger partial charge in [-0.15, -0.1) is 11.3 Å². The second-order valence-electron chi connectivity index (χ2n) is 7.06. The van der Waals surface area contributed by atoms with Crippen molar-refractivity contribution in [2.24, 2.45) is 0 Å². The molecule has 0 aromatic carbocycles. The van der Waals surface area contributed by atoms with Crippen molar-refractivity contribution in [3.63, 3.8) is 0 Å². The minimum absolute atomic E-state index is 0.0219. The largest absolute Gasteiger partial charge is 0.490 e. The number of nitrogens with zero attached hydrogens (tertiary/aromatic N) is 3. The molecule has 0 aliphatic carbocycles. The number of alkyl halides is 3. The van der Waals surface area contributed by atoms with E-state index in [0.29, 0.717) is 23.9 Å². The summed E-state index contributed by atoms with van der Waals surface area (Å²) in [5, 5.41) is 11.0. The number of aryl methyl sites for hydroxylation is 2. The number of rotatable bonds is 3. The number of aromatic nitrogens is 2. The monoisotopic (exact) mass is 433 g/mol. The van der Waals surface area contributed by atoms with Crippen LogP contribution in [0.2, 0.25) is 0 Å². The van der Waals surface area contributed by atoms with Crippen molar-refractivity contribution in [3.05, 3.63) is 33.6 Å². The summed E-state index contributed by atoms with van der Waals surface area (Å²) in [4.78, 5) is 18.6. The highest BCUT2D eigenvalue weighted by Crippen LogP contribution is 2.38. The number of hydrogen-bond donors (Lipinski definition) is 1. The molecule has 0 unspecified atom stereocenters. The molecule has 3 atom stereocenters. The van der Waals surface area contributed by atoms with Crippen LogP contribution in [-0.2, 0) is 16.1 Å². The molecule has 2 aromatic rings. The Hall–Kier alpha value is -1.98. The molecular formula is C18H22F3N3O4S. The van der Waals surface area contributed by atoms with E-state index in [0.717, 1.165) is 32.4 Å². The van der Waals surface area contributed by atoms with E-state index in [4.69, 9.17) is 19.2 Å². The van der Waals surface area contributed by atoms with Crippen LogP contribution in [0, 0.1) is 13.8 Å². The molecule has 7 nitrogen and oxygen atoms in total. The molecule has 160 valence electrons. The van der Waals surface area contributed by atoms with E-state index >= 15 is 0 Å². The van der Waals surface area contributed by atoms with Crippen molar-refractivity contribution in [2.75, 3.05) is 6.54 Å². The number of carboxylic acid groups (broad SMARTS) is 1. The van der Waals surface area contributed by atoms with Crippen molar-refractivity contribution >= 4 is 17.3 Å². The maximum Gasteiger partial charge on any atom is 0.490 e. The maximum atomic E-state index is 10.6. The van der Waals surface area contributed by atoms with E-state index in [9.17, 15) is 13.2 Å². The average molecular weight is 433 g/mol. The summed E-state index contributed by atoms with van der Waals surface area (Å²) in [6.45, 7) is 6.18. The predicted octanol–water partition coefficient (Wildman–Crippen LogP) is 3.88. The van der Waals surface area contributed by atoms with Crippen LogP contribution in [0.4, 0.5) is 13.2 Å². The summed E-state index contributed by atoms with van der Waals surface area (Å²) < 4.78 is 43.3. The molecule has 11 heteroatoms. The Morgan fingerprint density at radius 3 is 2.59 bits per heavy atom. The Morgan fingerprint density at radius 2 is 2.03 bits per heavy atom. The summed E-state index contributed by atoms with van der Waals surface area (Å²) in [6.07, 6.45) is -1.61. The minimum Gasteiger partial charge on any atom is -0.475 e.